The zero-order valence-electron chi connectivity index (χ0n) is 7.86. The normalized spacial score (nSPS) is 11.8. The van der Waals surface area contributed by atoms with Gasteiger partial charge in [0.05, 0.1) is 6.10 Å². The van der Waals surface area contributed by atoms with Crippen molar-refractivity contribution in [2.24, 2.45) is 0 Å². The second-order valence-electron chi connectivity index (χ2n) is 2.78. The Morgan fingerprint density at radius 3 is 2.69 bits per heavy atom. The first-order valence-electron chi connectivity index (χ1n) is 4.30. The molecule has 1 heteroatoms. The molecule has 0 spiro atoms. The molecule has 0 aliphatic heterocycles. The molecule has 0 aliphatic carbocycles. The van der Waals surface area contributed by atoms with Gasteiger partial charge in [0.15, 0.2) is 0 Å². The van der Waals surface area contributed by atoms with Crippen molar-refractivity contribution < 1.29 is 4.74 Å². The lowest BCUT2D eigenvalue weighted by Gasteiger charge is -2.12. The fraction of sp³-hybridized carbons (Fsp3) is 0.250. The van der Waals surface area contributed by atoms with Gasteiger partial charge in [0.2, 0.25) is 0 Å². The van der Waals surface area contributed by atoms with E-state index in [0.29, 0.717) is 0 Å². The van der Waals surface area contributed by atoms with Gasteiger partial charge < -0.3 is 4.74 Å². The summed E-state index contributed by atoms with van der Waals surface area (Å²) >= 11 is 0. The Morgan fingerprint density at radius 2 is 2.15 bits per heavy atom. The number of hydrogen-bond acceptors (Lipinski definition) is 1. The molecule has 0 aromatic heterocycles. The third-order valence-electron chi connectivity index (χ3n) is 1.93. The number of rotatable bonds is 4. The van der Waals surface area contributed by atoms with Crippen molar-refractivity contribution in [2.45, 2.75) is 12.5 Å². The lowest BCUT2D eigenvalue weighted by Crippen LogP contribution is -1.99. The van der Waals surface area contributed by atoms with Crippen molar-refractivity contribution in [1.82, 2.24) is 0 Å². The van der Waals surface area contributed by atoms with Gasteiger partial charge in [-0.25, -0.2) is 0 Å². The Labute approximate surface area is 79.4 Å². The third-order valence-corrected chi connectivity index (χ3v) is 1.93. The minimum Gasteiger partial charge on any atom is -0.376 e. The molecule has 0 aliphatic rings. The van der Waals surface area contributed by atoms with E-state index in [9.17, 15) is 0 Å². The molecule has 1 aromatic carbocycles. The topological polar surface area (TPSA) is 9.23 Å². The van der Waals surface area contributed by atoms with Crippen molar-refractivity contribution in [3.8, 4) is 0 Å². The monoisotopic (exact) mass is 174 g/mol. The fourth-order valence-corrected chi connectivity index (χ4v) is 1.23. The number of methoxy groups -OCH3 is 1. The molecule has 0 heterocycles. The Bertz CT molecular complexity index is 283. The van der Waals surface area contributed by atoms with Gasteiger partial charge in [0.25, 0.3) is 0 Å². The summed E-state index contributed by atoms with van der Waals surface area (Å²) < 4.78 is 5.34. The maximum Gasteiger partial charge on any atom is 0.0861 e. The average molecular weight is 174 g/mol. The maximum atomic E-state index is 5.34. The molecule has 68 valence electrons. The summed E-state index contributed by atoms with van der Waals surface area (Å²) in [5.74, 6) is 0. The maximum absolute atomic E-state index is 5.34. The quantitative estimate of drug-likeness (QED) is 0.637. The Hall–Kier alpha value is -1.30. The largest absolute Gasteiger partial charge is 0.376 e. The van der Waals surface area contributed by atoms with E-state index in [1.165, 1.54) is 5.56 Å². The molecule has 0 bridgehead atoms. The molecule has 0 N–H and O–H groups in total. The molecular formula is C12H14O. The van der Waals surface area contributed by atoms with Gasteiger partial charge in [-0.1, -0.05) is 36.9 Å². The molecule has 1 atom stereocenters. The summed E-state index contributed by atoms with van der Waals surface area (Å²) in [6, 6.07) is 10.1. The second kappa shape index (κ2) is 5.36. The van der Waals surface area contributed by atoms with Crippen LogP contribution in [0.4, 0.5) is 0 Å². The molecule has 0 fully saturated rings. The van der Waals surface area contributed by atoms with Gasteiger partial charge in [-0.15, -0.1) is 5.73 Å². The van der Waals surface area contributed by atoms with Crippen molar-refractivity contribution in [3.63, 3.8) is 0 Å². The predicted molar refractivity (Wildman–Crippen MR) is 54.5 cm³/mol. The molecule has 1 rings (SSSR count). The lowest BCUT2D eigenvalue weighted by molar-refractivity contribution is 0.106. The van der Waals surface area contributed by atoms with Crippen LogP contribution in [-0.2, 0) is 4.74 Å². The summed E-state index contributed by atoms with van der Waals surface area (Å²) in [6.07, 6.45) is 2.83. The van der Waals surface area contributed by atoms with Crippen LogP contribution in [0.25, 0.3) is 0 Å². The molecule has 0 saturated carbocycles. The smallest absolute Gasteiger partial charge is 0.0861 e. The summed E-state index contributed by atoms with van der Waals surface area (Å²) in [5, 5.41) is 0. The van der Waals surface area contributed by atoms with Crippen LogP contribution in [-0.4, -0.2) is 7.11 Å². The van der Waals surface area contributed by atoms with E-state index >= 15 is 0 Å². The van der Waals surface area contributed by atoms with E-state index in [2.05, 4.69) is 24.4 Å². The first-order chi connectivity index (χ1) is 6.38. The number of hydrogen-bond donors (Lipinski definition) is 0. The molecule has 0 saturated heterocycles. The number of ether oxygens (including phenoxy) is 1. The summed E-state index contributed by atoms with van der Waals surface area (Å²) in [7, 11) is 1.72. The Morgan fingerprint density at radius 1 is 1.46 bits per heavy atom. The predicted octanol–water partition coefficient (Wildman–Crippen LogP) is 3.11. The van der Waals surface area contributed by atoms with Crippen LogP contribution in [0.3, 0.4) is 0 Å². The van der Waals surface area contributed by atoms with Crippen LogP contribution in [0, 0.1) is 0 Å². The zero-order chi connectivity index (χ0) is 9.52. The zero-order valence-corrected chi connectivity index (χ0v) is 7.86. The first kappa shape index (κ1) is 9.79. The molecular weight excluding hydrogens is 160 g/mol. The summed E-state index contributed by atoms with van der Waals surface area (Å²) in [4.78, 5) is 0. The molecule has 0 radical (unpaired) electrons. The molecule has 0 amide bonds. The average Bonchev–Trinajstić information content (AvgIpc) is 2.21. The highest BCUT2D eigenvalue weighted by atomic mass is 16.5. The van der Waals surface area contributed by atoms with Crippen LogP contribution in [0.15, 0.2) is 48.7 Å². The van der Waals surface area contributed by atoms with Crippen molar-refractivity contribution in [2.75, 3.05) is 7.11 Å². The SMILES string of the molecule is C=C=CCC(OC)c1ccccc1. The van der Waals surface area contributed by atoms with E-state index in [-0.39, 0.29) is 6.10 Å². The van der Waals surface area contributed by atoms with Crippen LogP contribution in [0.1, 0.15) is 18.1 Å². The van der Waals surface area contributed by atoms with E-state index in [4.69, 9.17) is 4.74 Å². The summed E-state index contributed by atoms with van der Waals surface area (Å²) in [5.41, 5.74) is 3.94. The van der Waals surface area contributed by atoms with E-state index in [0.717, 1.165) is 6.42 Å². The van der Waals surface area contributed by atoms with Gasteiger partial charge in [-0.2, -0.15) is 0 Å². The molecule has 1 nitrogen and oxygen atoms in total. The highest BCUT2D eigenvalue weighted by Gasteiger charge is 2.06. The highest BCUT2D eigenvalue weighted by molar-refractivity contribution is 5.18. The van der Waals surface area contributed by atoms with Crippen LogP contribution < -0.4 is 0 Å². The molecule has 1 aromatic rings. The minimum atomic E-state index is 0.121. The lowest BCUT2D eigenvalue weighted by atomic mass is 10.1. The second-order valence-corrected chi connectivity index (χ2v) is 2.78. The standard InChI is InChI=1S/C12H14O/c1-3-4-10-12(13-2)11-8-6-5-7-9-11/h4-9,12H,1,10H2,2H3. The highest BCUT2D eigenvalue weighted by Crippen LogP contribution is 2.19. The van der Waals surface area contributed by atoms with Gasteiger partial charge in [0, 0.05) is 13.5 Å². The minimum absolute atomic E-state index is 0.121. The van der Waals surface area contributed by atoms with Crippen molar-refractivity contribution in [1.29, 1.82) is 0 Å². The van der Waals surface area contributed by atoms with Crippen LogP contribution in [0.2, 0.25) is 0 Å². The van der Waals surface area contributed by atoms with Gasteiger partial charge >= 0.3 is 0 Å². The van der Waals surface area contributed by atoms with E-state index in [1.807, 2.05) is 24.3 Å². The number of benzene rings is 1. The summed E-state index contributed by atoms with van der Waals surface area (Å²) in [6.45, 7) is 3.52. The van der Waals surface area contributed by atoms with E-state index < -0.39 is 0 Å². The van der Waals surface area contributed by atoms with Gasteiger partial charge in [-0.3, -0.25) is 0 Å². The molecule has 13 heavy (non-hydrogen) atoms. The van der Waals surface area contributed by atoms with Crippen LogP contribution in [0.5, 0.6) is 0 Å². The van der Waals surface area contributed by atoms with E-state index in [1.54, 1.807) is 7.11 Å². The van der Waals surface area contributed by atoms with Crippen molar-refractivity contribution >= 4 is 0 Å². The van der Waals surface area contributed by atoms with Crippen LogP contribution >= 0.6 is 0 Å². The fourth-order valence-electron chi connectivity index (χ4n) is 1.23. The first-order valence-corrected chi connectivity index (χ1v) is 4.30. The molecule has 1 unspecified atom stereocenters. The van der Waals surface area contributed by atoms with Gasteiger partial charge in [-0.05, 0) is 11.6 Å². The third kappa shape index (κ3) is 2.90. The van der Waals surface area contributed by atoms with Gasteiger partial charge in [0.1, 0.15) is 0 Å². The van der Waals surface area contributed by atoms with Crippen molar-refractivity contribution in [3.05, 3.63) is 54.3 Å². The Kier molecular flexibility index (Phi) is 4.04. The Balaban J connectivity index is 2.72.